The Morgan fingerprint density at radius 2 is 0.527 bits per heavy atom. The third-order valence-corrected chi connectivity index (χ3v) is 12.7. The van der Waals surface area contributed by atoms with Crippen molar-refractivity contribution in [2.75, 3.05) is 13.2 Å². The molecule has 6 nitrogen and oxygen atoms in total. The minimum atomic E-state index is -0.799. The Kier molecular flexibility index (Phi) is 57.9. The number of allylic oxidation sites excluding steroid dienone is 20. The van der Waals surface area contributed by atoms with Crippen LogP contribution in [0, 0.1) is 0 Å². The molecule has 0 aromatic rings. The molecule has 0 aromatic carbocycles. The zero-order valence-electron chi connectivity index (χ0n) is 48.1. The van der Waals surface area contributed by atoms with E-state index in [0.717, 1.165) is 141 Å². The molecule has 0 aromatic heterocycles. The van der Waals surface area contributed by atoms with Crippen molar-refractivity contribution in [2.45, 2.75) is 277 Å². The molecule has 0 aliphatic heterocycles. The number of hydrogen-bond acceptors (Lipinski definition) is 6. The number of rotatable bonds is 54. The maximum Gasteiger partial charge on any atom is 0.306 e. The topological polar surface area (TPSA) is 78.9 Å². The van der Waals surface area contributed by atoms with Crippen LogP contribution in [0.25, 0.3) is 0 Å². The van der Waals surface area contributed by atoms with Crippen LogP contribution >= 0.6 is 0 Å². The van der Waals surface area contributed by atoms with Gasteiger partial charge in [-0.1, -0.05) is 239 Å². The second kappa shape index (κ2) is 61.4. The fourth-order valence-electron chi connectivity index (χ4n) is 8.09. The summed E-state index contributed by atoms with van der Waals surface area (Å²) >= 11 is 0. The first-order valence-corrected chi connectivity index (χ1v) is 30.5. The Balaban J connectivity index is 4.37. The molecule has 0 amide bonds. The van der Waals surface area contributed by atoms with Gasteiger partial charge in [0.25, 0.3) is 0 Å². The lowest BCUT2D eigenvalue weighted by Crippen LogP contribution is -2.30. The highest BCUT2D eigenvalue weighted by Crippen LogP contribution is 2.14. The van der Waals surface area contributed by atoms with Crippen LogP contribution in [0.4, 0.5) is 0 Å². The van der Waals surface area contributed by atoms with E-state index in [-0.39, 0.29) is 31.1 Å². The number of esters is 3. The molecule has 6 heteroatoms. The Morgan fingerprint density at radius 1 is 0.284 bits per heavy atom. The number of ether oxygens (including phenoxy) is 3. The highest BCUT2D eigenvalue weighted by atomic mass is 16.6. The minimum absolute atomic E-state index is 0.0956. The lowest BCUT2D eigenvalue weighted by molar-refractivity contribution is -0.167. The number of hydrogen-bond donors (Lipinski definition) is 0. The lowest BCUT2D eigenvalue weighted by atomic mass is 10.1. The fraction of sp³-hybridized carbons (Fsp3) is 0.662. The van der Waals surface area contributed by atoms with Gasteiger partial charge in [0, 0.05) is 19.3 Å². The van der Waals surface area contributed by atoms with E-state index < -0.39 is 6.10 Å². The second-order valence-electron chi connectivity index (χ2n) is 19.9. The van der Waals surface area contributed by atoms with Crippen LogP contribution in [0.2, 0.25) is 0 Å². The smallest absolute Gasteiger partial charge is 0.306 e. The van der Waals surface area contributed by atoms with Gasteiger partial charge in [-0.3, -0.25) is 14.4 Å². The van der Waals surface area contributed by atoms with Crippen LogP contribution in [0.1, 0.15) is 271 Å². The van der Waals surface area contributed by atoms with Crippen molar-refractivity contribution in [3.63, 3.8) is 0 Å². The minimum Gasteiger partial charge on any atom is -0.462 e. The number of unbranched alkanes of at least 4 members (excludes halogenated alkanes) is 23. The predicted molar refractivity (Wildman–Crippen MR) is 320 cm³/mol. The summed E-state index contributed by atoms with van der Waals surface area (Å²) in [6.45, 7) is 6.47. The molecule has 0 aliphatic rings. The van der Waals surface area contributed by atoms with Crippen molar-refractivity contribution in [2.24, 2.45) is 0 Å². The molecule has 1 atom stereocenters. The predicted octanol–water partition coefficient (Wildman–Crippen LogP) is 20.8. The first kappa shape index (κ1) is 69.8. The van der Waals surface area contributed by atoms with Crippen LogP contribution in [0.15, 0.2) is 122 Å². The molecule has 0 fully saturated rings. The fourth-order valence-corrected chi connectivity index (χ4v) is 8.09. The zero-order valence-corrected chi connectivity index (χ0v) is 48.1. The molecule has 1 unspecified atom stereocenters. The van der Waals surface area contributed by atoms with E-state index in [1.54, 1.807) is 0 Å². The van der Waals surface area contributed by atoms with Crippen LogP contribution in [0.3, 0.4) is 0 Å². The molecule has 420 valence electrons. The standard InChI is InChI=1S/C68H112O6/c1-4-7-10-13-16-19-22-25-27-28-29-30-31-32-33-34-35-36-37-38-39-40-41-44-46-49-52-55-58-61-67(70)73-64-65(63-72-66(69)60-57-54-51-48-45-42-24-21-18-15-12-9-6-3)74-68(71)62-59-56-53-50-47-43-26-23-20-17-14-11-8-5-2/h7,10,16,19,21,23-27,29-30,32-33,35-36,38-39,41,44,65H,4-6,8-9,11-15,17-18,20,22,28,31,34,37,40,42-43,45-64H2,1-3H3/b10-7-,19-16-,24-21-,26-23-,27-25-,30-29-,33-32-,36-35-,39-38-,44-41-. The number of carbonyl (C=O) groups is 3. The summed E-state index contributed by atoms with van der Waals surface area (Å²) in [5.41, 5.74) is 0. The van der Waals surface area contributed by atoms with E-state index in [0.29, 0.717) is 19.3 Å². The normalized spacial score (nSPS) is 13.0. The van der Waals surface area contributed by atoms with Crippen molar-refractivity contribution in [3.8, 4) is 0 Å². The molecular weight excluding hydrogens is 913 g/mol. The highest BCUT2D eigenvalue weighted by molar-refractivity contribution is 5.71. The lowest BCUT2D eigenvalue weighted by Gasteiger charge is -2.18. The van der Waals surface area contributed by atoms with Gasteiger partial charge in [0.2, 0.25) is 0 Å². The number of carbonyl (C=O) groups excluding carboxylic acids is 3. The average Bonchev–Trinajstić information content (AvgIpc) is 3.40. The second-order valence-corrected chi connectivity index (χ2v) is 19.9. The summed E-state index contributed by atoms with van der Waals surface area (Å²) in [5.74, 6) is -0.938. The van der Waals surface area contributed by atoms with E-state index in [9.17, 15) is 14.4 Å². The summed E-state index contributed by atoms with van der Waals surface area (Å²) in [5, 5.41) is 0. The SMILES string of the molecule is CC/C=C\C/C=C\C/C=C\C/C=C\C/C=C\C/C=C\C/C=C\C/C=C\CCCCCCC(=O)OCC(COC(=O)CCCCCCC/C=C\CCCCCC)OC(=O)CCCCCCC/C=C\CCCCCCC. The monoisotopic (exact) mass is 1020 g/mol. The van der Waals surface area contributed by atoms with Gasteiger partial charge in [0.05, 0.1) is 0 Å². The maximum absolute atomic E-state index is 12.8. The quantitative estimate of drug-likeness (QED) is 0.0261. The Hall–Kier alpha value is -4.19. The molecule has 0 bridgehead atoms. The van der Waals surface area contributed by atoms with Crippen LogP contribution < -0.4 is 0 Å². The first-order valence-electron chi connectivity index (χ1n) is 30.5. The molecule has 0 spiro atoms. The first-order chi connectivity index (χ1) is 36.5. The van der Waals surface area contributed by atoms with Crippen molar-refractivity contribution in [3.05, 3.63) is 122 Å². The summed E-state index contributed by atoms with van der Waals surface area (Å²) in [6.07, 6.45) is 84.8. The van der Waals surface area contributed by atoms with Crippen molar-refractivity contribution in [1.29, 1.82) is 0 Å². The maximum atomic E-state index is 12.8. The van der Waals surface area contributed by atoms with E-state index >= 15 is 0 Å². The van der Waals surface area contributed by atoms with E-state index in [2.05, 4.69) is 142 Å². The van der Waals surface area contributed by atoms with Gasteiger partial charge < -0.3 is 14.2 Å². The van der Waals surface area contributed by atoms with E-state index in [4.69, 9.17) is 14.2 Å². The average molecular weight is 1030 g/mol. The van der Waals surface area contributed by atoms with Gasteiger partial charge >= 0.3 is 17.9 Å². The van der Waals surface area contributed by atoms with E-state index in [1.807, 2.05) is 0 Å². The summed E-state index contributed by atoms with van der Waals surface area (Å²) in [7, 11) is 0. The van der Waals surface area contributed by atoms with Gasteiger partial charge in [-0.05, 0) is 135 Å². The van der Waals surface area contributed by atoms with Crippen molar-refractivity contribution >= 4 is 17.9 Å². The van der Waals surface area contributed by atoms with Crippen LogP contribution in [-0.2, 0) is 28.6 Å². The van der Waals surface area contributed by atoms with Crippen LogP contribution in [0.5, 0.6) is 0 Å². The Morgan fingerprint density at radius 3 is 0.851 bits per heavy atom. The van der Waals surface area contributed by atoms with Crippen molar-refractivity contribution in [1.82, 2.24) is 0 Å². The van der Waals surface area contributed by atoms with Crippen molar-refractivity contribution < 1.29 is 28.6 Å². The summed E-state index contributed by atoms with van der Waals surface area (Å²) in [4.78, 5) is 38.2. The van der Waals surface area contributed by atoms with Gasteiger partial charge in [-0.15, -0.1) is 0 Å². The third-order valence-electron chi connectivity index (χ3n) is 12.7. The molecular formula is C68H112O6. The van der Waals surface area contributed by atoms with Gasteiger partial charge in [-0.2, -0.15) is 0 Å². The van der Waals surface area contributed by atoms with Gasteiger partial charge in [-0.25, -0.2) is 0 Å². The molecule has 0 saturated carbocycles. The summed E-state index contributed by atoms with van der Waals surface area (Å²) in [6, 6.07) is 0. The zero-order chi connectivity index (χ0) is 53.6. The molecule has 0 aliphatic carbocycles. The van der Waals surface area contributed by atoms with E-state index in [1.165, 1.54) is 89.9 Å². The molecule has 0 heterocycles. The molecule has 0 radical (unpaired) electrons. The molecule has 0 N–H and O–H groups in total. The third kappa shape index (κ3) is 58.7. The summed E-state index contributed by atoms with van der Waals surface area (Å²) < 4.78 is 16.8. The Labute approximate surface area is 456 Å². The largest absolute Gasteiger partial charge is 0.462 e. The molecule has 74 heavy (non-hydrogen) atoms. The highest BCUT2D eigenvalue weighted by Gasteiger charge is 2.19. The van der Waals surface area contributed by atoms with Crippen LogP contribution in [-0.4, -0.2) is 37.2 Å². The Bertz CT molecular complexity index is 1550. The molecule has 0 rings (SSSR count). The van der Waals surface area contributed by atoms with Gasteiger partial charge in [0.1, 0.15) is 13.2 Å². The molecule has 0 saturated heterocycles. The van der Waals surface area contributed by atoms with Gasteiger partial charge in [0.15, 0.2) is 6.10 Å².